The van der Waals surface area contributed by atoms with Gasteiger partial charge in [-0.05, 0) is 12.1 Å². The number of sulfone groups is 1. The van der Waals surface area contributed by atoms with Gasteiger partial charge in [0, 0.05) is 11.9 Å². The number of aromatic nitrogens is 3. The van der Waals surface area contributed by atoms with Gasteiger partial charge in [-0.3, -0.25) is 0 Å². The highest BCUT2D eigenvalue weighted by molar-refractivity contribution is 7.90. The maximum atomic E-state index is 11.5. The predicted octanol–water partition coefficient (Wildman–Crippen LogP) is 0.552. The highest BCUT2D eigenvalue weighted by Gasteiger charge is 2.13. The third-order valence-electron chi connectivity index (χ3n) is 2.58. The van der Waals surface area contributed by atoms with Gasteiger partial charge in [0.25, 0.3) is 0 Å². The van der Waals surface area contributed by atoms with Crippen LogP contribution in [0.15, 0.2) is 22.7 Å². The zero-order valence-corrected chi connectivity index (χ0v) is 11.5. The number of hydrogen-bond donors (Lipinski definition) is 1. The molecule has 0 aliphatic rings. The van der Waals surface area contributed by atoms with Crippen molar-refractivity contribution in [3.63, 3.8) is 0 Å². The summed E-state index contributed by atoms with van der Waals surface area (Å²) in [6, 6.07) is 2.87. The highest BCUT2D eigenvalue weighted by Crippen LogP contribution is 2.10. The molecule has 0 saturated carbocycles. The van der Waals surface area contributed by atoms with Crippen LogP contribution in [0, 0.1) is 0 Å². The topological polar surface area (TPSA) is 115 Å². The second kappa shape index (κ2) is 5.45. The molecule has 1 N–H and O–H groups in total. The van der Waals surface area contributed by atoms with Crippen LogP contribution in [-0.4, -0.2) is 40.2 Å². The molecular weight excluding hydrogens is 286 g/mol. The Kier molecular flexibility index (Phi) is 3.89. The summed E-state index contributed by atoms with van der Waals surface area (Å²) in [6.07, 6.45) is 1.50. The molecule has 20 heavy (non-hydrogen) atoms. The molecule has 8 nitrogen and oxygen atoms in total. The summed E-state index contributed by atoms with van der Waals surface area (Å²) in [5, 5.41) is 16.3. The van der Waals surface area contributed by atoms with E-state index in [0.717, 1.165) is 0 Å². The quantitative estimate of drug-likeness (QED) is 0.828. The number of nitrogens with zero attached hydrogens (tertiary/aromatic N) is 3. The molecule has 0 unspecified atom stereocenters. The van der Waals surface area contributed by atoms with Crippen molar-refractivity contribution < 1.29 is 22.7 Å². The standard InChI is InChI=1S/C11H13N3O5S/c1-2-20(17,18)7-8-5-14(13-12-8)6-9-3-4-10(19-9)11(15)16/h3-5H,2,6-7H2,1H3,(H,15,16). The third-order valence-corrected chi connectivity index (χ3v) is 4.20. The number of rotatable bonds is 6. The van der Waals surface area contributed by atoms with Crippen molar-refractivity contribution in [1.82, 2.24) is 15.0 Å². The van der Waals surface area contributed by atoms with Crippen LogP contribution in [0.25, 0.3) is 0 Å². The van der Waals surface area contributed by atoms with Gasteiger partial charge >= 0.3 is 5.97 Å². The molecule has 0 aliphatic carbocycles. The third kappa shape index (κ3) is 3.44. The Morgan fingerprint density at radius 1 is 1.45 bits per heavy atom. The van der Waals surface area contributed by atoms with Gasteiger partial charge in [-0.1, -0.05) is 12.1 Å². The fraction of sp³-hybridized carbons (Fsp3) is 0.364. The summed E-state index contributed by atoms with van der Waals surface area (Å²) in [4.78, 5) is 10.7. The van der Waals surface area contributed by atoms with E-state index in [4.69, 9.17) is 9.52 Å². The van der Waals surface area contributed by atoms with Crippen molar-refractivity contribution in [2.24, 2.45) is 0 Å². The Hall–Kier alpha value is -2.16. The van der Waals surface area contributed by atoms with Gasteiger partial charge in [-0.2, -0.15) is 0 Å². The van der Waals surface area contributed by atoms with E-state index < -0.39 is 15.8 Å². The minimum atomic E-state index is -3.16. The second-order valence-electron chi connectivity index (χ2n) is 4.16. The normalized spacial score (nSPS) is 11.7. The monoisotopic (exact) mass is 299 g/mol. The smallest absolute Gasteiger partial charge is 0.371 e. The van der Waals surface area contributed by atoms with E-state index in [-0.39, 0.29) is 23.8 Å². The highest BCUT2D eigenvalue weighted by atomic mass is 32.2. The Morgan fingerprint density at radius 2 is 2.20 bits per heavy atom. The van der Waals surface area contributed by atoms with Gasteiger partial charge in [0.2, 0.25) is 5.76 Å². The lowest BCUT2D eigenvalue weighted by molar-refractivity contribution is 0.0660. The largest absolute Gasteiger partial charge is 0.475 e. The van der Waals surface area contributed by atoms with E-state index in [9.17, 15) is 13.2 Å². The van der Waals surface area contributed by atoms with Crippen LogP contribution in [0.1, 0.15) is 28.9 Å². The van der Waals surface area contributed by atoms with Crippen LogP contribution in [-0.2, 0) is 22.1 Å². The van der Waals surface area contributed by atoms with E-state index in [1.807, 2.05) is 0 Å². The molecule has 2 aromatic rings. The van der Waals surface area contributed by atoms with Crippen molar-refractivity contribution >= 4 is 15.8 Å². The first-order chi connectivity index (χ1) is 9.39. The minimum absolute atomic E-state index is 0.0417. The van der Waals surface area contributed by atoms with Crippen molar-refractivity contribution in [2.45, 2.75) is 19.2 Å². The van der Waals surface area contributed by atoms with Crippen LogP contribution in [0.4, 0.5) is 0 Å². The first kappa shape index (κ1) is 14.3. The summed E-state index contributed by atoms with van der Waals surface area (Å²) in [6.45, 7) is 1.75. The SMILES string of the molecule is CCS(=O)(=O)Cc1cn(Cc2ccc(C(=O)O)o2)nn1. The zero-order chi connectivity index (χ0) is 14.8. The lowest BCUT2D eigenvalue weighted by Crippen LogP contribution is -2.06. The van der Waals surface area contributed by atoms with Crippen LogP contribution in [0.5, 0.6) is 0 Å². The summed E-state index contributed by atoms with van der Waals surface area (Å²) in [5.74, 6) is -1.03. The Balaban J connectivity index is 2.07. The predicted molar refractivity (Wildman–Crippen MR) is 68.0 cm³/mol. The number of carboxylic acid groups (broad SMARTS) is 1. The first-order valence-corrected chi connectivity index (χ1v) is 7.63. The van der Waals surface area contributed by atoms with Gasteiger partial charge in [-0.25, -0.2) is 17.9 Å². The Labute approximate surface area is 114 Å². The number of furan rings is 1. The molecule has 0 aromatic carbocycles. The van der Waals surface area contributed by atoms with Crippen molar-refractivity contribution in [3.05, 3.63) is 35.5 Å². The van der Waals surface area contributed by atoms with Crippen molar-refractivity contribution in [2.75, 3.05) is 5.75 Å². The summed E-state index contributed by atoms with van der Waals surface area (Å²) in [7, 11) is -3.16. The molecule has 0 spiro atoms. The van der Waals surface area contributed by atoms with Gasteiger partial charge in [0.15, 0.2) is 9.84 Å². The molecule has 108 valence electrons. The van der Waals surface area contributed by atoms with Crippen LogP contribution >= 0.6 is 0 Å². The molecule has 2 heterocycles. The maximum absolute atomic E-state index is 11.5. The van der Waals surface area contributed by atoms with E-state index in [1.165, 1.54) is 23.0 Å². The molecule has 2 aromatic heterocycles. The average Bonchev–Trinajstić information content (AvgIpc) is 2.99. The van der Waals surface area contributed by atoms with Gasteiger partial charge in [0.1, 0.15) is 12.3 Å². The molecule has 2 rings (SSSR count). The molecule has 9 heteroatoms. The summed E-state index contributed by atoms with van der Waals surface area (Å²) < 4.78 is 29.4. The average molecular weight is 299 g/mol. The molecule has 0 radical (unpaired) electrons. The molecule has 0 bridgehead atoms. The lowest BCUT2D eigenvalue weighted by atomic mass is 10.4. The van der Waals surface area contributed by atoms with Gasteiger partial charge in [-0.15, -0.1) is 5.10 Å². The van der Waals surface area contributed by atoms with Crippen LogP contribution in [0.2, 0.25) is 0 Å². The van der Waals surface area contributed by atoms with E-state index in [0.29, 0.717) is 11.5 Å². The lowest BCUT2D eigenvalue weighted by Gasteiger charge is -1.96. The number of carboxylic acids is 1. The molecule has 0 amide bonds. The molecular formula is C11H13N3O5S. The van der Waals surface area contributed by atoms with Crippen molar-refractivity contribution in [1.29, 1.82) is 0 Å². The second-order valence-corrected chi connectivity index (χ2v) is 6.51. The number of aromatic carboxylic acids is 1. The van der Waals surface area contributed by atoms with Crippen LogP contribution in [0.3, 0.4) is 0 Å². The summed E-state index contributed by atoms with van der Waals surface area (Å²) in [5.41, 5.74) is 0.344. The fourth-order valence-electron chi connectivity index (χ4n) is 1.55. The van der Waals surface area contributed by atoms with E-state index >= 15 is 0 Å². The molecule has 0 fully saturated rings. The molecule has 0 aliphatic heterocycles. The Morgan fingerprint density at radius 3 is 2.80 bits per heavy atom. The summed E-state index contributed by atoms with van der Waals surface area (Å²) >= 11 is 0. The van der Waals surface area contributed by atoms with E-state index in [1.54, 1.807) is 6.92 Å². The molecule has 0 saturated heterocycles. The van der Waals surface area contributed by atoms with E-state index in [2.05, 4.69) is 10.3 Å². The fourth-order valence-corrected chi connectivity index (χ4v) is 2.33. The molecule has 0 atom stereocenters. The van der Waals surface area contributed by atoms with Gasteiger partial charge < -0.3 is 9.52 Å². The Bertz CT molecular complexity index is 716. The number of hydrogen-bond acceptors (Lipinski definition) is 6. The van der Waals surface area contributed by atoms with Crippen molar-refractivity contribution in [3.8, 4) is 0 Å². The first-order valence-electron chi connectivity index (χ1n) is 5.81. The minimum Gasteiger partial charge on any atom is -0.475 e. The van der Waals surface area contributed by atoms with Crippen LogP contribution < -0.4 is 0 Å². The number of carbonyl (C=O) groups is 1. The maximum Gasteiger partial charge on any atom is 0.371 e. The van der Waals surface area contributed by atoms with Gasteiger partial charge in [0.05, 0.1) is 11.4 Å². The zero-order valence-electron chi connectivity index (χ0n) is 10.7.